The molecule has 1 saturated heterocycles. The van der Waals surface area contributed by atoms with E-state index in [0.29, 0.717) is 23.6 Å². The first-order chi connectivity index (χ1) is 13.4. The van der Waals surface area contributed by atoms with Gasteiger partial charge >= 0.3 is 0 Å². The Morgan fingerprint density at radius 3 is 2.71 bits per heavy atom. The van der Waals surface area contributed by atoms with Gasteiger partial charge in [0.05, 0.1) is 19.4 Å². The molecule has 0 saturated carbocycles. The summed E-state index contributed by atoms with van der Waals surface area (Å²) in [6.45, 7) is 2.20. The van der Waals surface area contributed by atoms with E-state index in [1.165, 1.54) is 11.3 Å². The zero-order valence-corrected chi connectivity index (χ0v) is 16.9. The van der Waals surface area contributed by atoms with Crippen LogP contribution in [0.25, 0.3) is 0 Å². The summed E-state index contributed by atoms with van der Waals surface area (Å²) in [5.41, 5.74) is 1.38. The molecule has 0 bridgehead atoms. The van der Waals surface area contributed by atoms with Crippen LogP contribution in [0.2, 0.25) is 5.02 Å². The number of benzene rings is 1. The summed E-state index contributed by atoms with van der Waals surface area (Å²) in [5, 5.41) is 41.8. The molecule has 0 aliphatic carbocycles. The molecule has 2 heterocycles. The molecule has 9 heteroatoms. The van der Waals surface area contributed by atoms with E-state index < -0.39 is 37.1 Å². The fourth-order valence-corrected chi connectivity index (χ4v) is 4.09. The van der Waals surface area contributed by atoms with E-state index >= 15 is 0 Å². The lowest BCUT2D eigenvalue weighted by atomic mass is 9.90. The molecule has 4 N–H and O–H groups in total. The van der Waals surface area contributed by atoms with Crippen LogP contribution in [-0.4, -0.2) is 63.0 Å². The van der Waals surface area contributed by atoms with Crippen LogP contribution in [0.5, 0.6) is 5.06 Å². The number of aliphatic hydroxyl groups excluding tert-OH is 4. The Morgan fingerprint density at radius 1 is 1.21 bits per heavy atom. The number of thiazole rings is 1. The third-order valence-electron chi connectivity index (χ3n) is 4.61. The molecular weight excluding hydrogens is 406 g/mol. The Bertz CT molecular complexity index is 786. The van der Waals surface area contributed by atoms with Gasteiger partial charge in [0.25, 0.3) is 0 Å². The Labute approximate surface area is 172 Å². The maximum absolute atomic E-state index is 10.3. The van der Waals surface area contributed by atoms with Crippen LogP contribution in [-0.2, 0) is 11.2 Å². The van der Waals surface area contributed by atoms with Crippen molar-refractivity contribution in [1.29, 1.82) is 0 Å². The van der Waals surface area contributed by atoms with E-state index in [4.69, 9.17) is 21.1 Å². The molecule has 154 valence electrons. The quantitative estimate of drug-likeness (QED) is 0.529. The molecular formula is C19H24ClNO6S. The van der Waals surface area contributed by atoms with E-state index in [1.807, 2.05) is 6.92 Å². The van der Waals surface area contributed by atoms with Crippen molar-refractivity contribution in [2.24, 2.45) is 0 Å². The average molecular weight is 430 g/mol. The number of halogens is 1. The lowest BCUT2D eigenvalue weighted by Crippen LogP contribution is -2.55. The summed E-state index contributed by atoms with van der Waals surface area (Å²) >= 11 is 7.78. The van der Waals surface area contributed by atoms with Gasteiger partial charge in [-0.2, -0.15) is 0 Å². The normalized spacial score (nSPS) is 27.7. The van der Waals surface area contributed by atoms with E-state index in [1.54, 1.807) is 24.4 Å². The van der Waals surface area contributed by atoms with E-state index in [2.05, 4.69) is 4.98 Å². The lowest BCUT2D eigenvalue weighted by molar-refractivity contribution is -0.231. The zero-order valence-electron chi connectivity index (χ0n) is 15.4. The third kappa shape index (κ3) is 4.65. The smallest absolute Gasteiger partial charge is 0.194 e. The summed E-state index contributed by atoms with van der Waals surface area (Å²) < 4.78 is 11.2. The lowest BCUT2D eigenvalue weighted by Gasteiger charge is -2.40. The highest BCUT2D eigenvalue weighted by molar-refractivity contribution is 7.13. The van der Waals surface area contributed by atoms with Crippen molar-refractivity contribution in [3.8, 4) is 5.06 Å². The van der Waals surface area contributed by atoms with Gasteiger partial charge in [0.15, 0.2) is 5.06 Å². The Hall–Kier alpha value is -1.26. The number of rotatable bonds is 7. The number of hydrogen-bond donors (Lipinski definition) is 4. The van der Waals surface area contributed by atoms with Gasteiger partial charge in [-0.25, -0.2) is 4.98 Å². The fraction of sp³-hybridized carbons (Fsp3) is 0.526. The van der Waals surface area contributed by atoms with Crippen LogP contribution < -0.4 is 4.74 Å². The van der Waals surface area contributed by atoms with Crippen LogP contribution in [0.3, 0.4) is 0 Å². The summed E-state index contributed by atoms with van der Waals surface area (Å²) in [6.07, 6.45) is -2.92. The molecule has 5 atom stereocenters. The van der Waals surface area contributed by atoms with Gasteiger partial charge < -0.3 is 29.9 Å². The van der Waals surface area contributed by atoms with Crippen LogP contribution in [0.1, 0.15) is 35.6 Å². The molecule has 7 nitrogen and oxygen atoms in total. The molecule has 28 heavy (non-hydrogen) atoms. The minimum absolute atomic E-state index is 0.471. The summed E-state index contributed by atoms with van der Waals surface area (Å²) in [6, 6.07) is 5.16. The van der Waals surface area contributed by atoms with Gasteiger partial charge in [-0.3, -0.25) is 0 Å². The predicted molar refractivity (Wildman–Crippen MR) is 105 cm³/mol. The number of hydrogen-bond acceptors (Lipinski definition) is 8. The zero-order chi connectivity index (χ0) is 20.3. The van der Waals surface area contributed by atoms with E-state index in [-0.39, 0.29) is 0 Å². The summed E-state index contributed by atoms with van der Waals surface area (Å²) in [4.78, 5) is 4.36. The van der Waals surface area contributed by atoms with Crippen molar-refractivity contribution in [3.63, 3.8) is 0 Å². The number of ether oxygens (including phenoxy) is 2. The summed E-state index contributed by atoms with van der Waals surface area (Å²) in [7, 11) is 0. The van der Waals surface area contributed by atoms with Crippen LogP contribution in [0.4, 0.5) is 0 Å². The average Bonchev–Trinajstić information content (AvgIpc) is 3.14. The van der Waals surface area contributed by atoms with Gasteiger partial charge in [-0.1, -0.05) is 42.0 Å². The molecule has 0 radical (unpaired) electrons. The Kier molecular flexibility index (Phi) is 7.27. The first-order valence-corrected chi connectivity index (χ1v) is 10.3. The molecule has 1 fully saturated rings. The maximum Gasteiger partial charge on any atom is 0.194 e. The van der Waals surface area contributed by atoms with Gasteiger partial charge in [0, 0.05) is 11.4 Å². The second-order valence-electron chi connectivity index (χ2n) is 6.70. The highest BCUT2D eigenvalue weighted by Crippen LogP contribution is 2.35. The highest BCUT2D eigenvalue weighted by atomic mass is 35.5. The van der Waals surface area contributed by atoms with Gasteiger partial charge in [-0.05, 0) is 23.6 Å². The number of aromatic nitrogens is 1. The van der Waals surface area contributed by atoms with E-state index in [0.717, 1.165) is 22.1 Å². The fourth-order valence-electron chi connectivity index (χ4n) is 3.09. The molecule has 3 rings (SSSR count). The van der Waals surface area contributed by atoms with Crippen molar-refractivity contribution in [2.45, 2.75) is 50.3 Å². The first kappa shape index (κ1) is 21.4. The molecule has 0 amide bonds. The molecule has 1 aromatic carbocycles. The predicted octanol–water partition coefficient (Wildman–Crippen LogP) is 1.69. The maximum atomic E-state index is 10.3. The minimum atomic E-state index is -1.42. The summed E-state index contributed by atoms with van der Waals surface area (Å²) in [5.74, 6) is 0. The standard InChI is InChI=1S/C19H24ClNO6S/c1-2-5-26-15-8-21-14(28-15)7-11-6-10(3-4-12(11)20)19-18(25)17(24)16(23)13(9-22)27-19/h3-4,6,8,13,16-19,22-25H,2,5,7,9H2,1H3/t13-,16-,17+,18-,19+/m1/s1. The van der Waals surface area contributed by atoms with Crippen molar-refractivity contribution in [2.75, 3.05) is 13.2 Å². The topological polar surface area (TPSA) is 112 Å². The van der Waals surface area contributed by atoms with Crippen molar-refractivity contribution in [3.05, 3.63) is 45.6 Å². The second-order valence-corrected chi connectivity index (χ2v) is 8.18. The van der Waals surface area contributed by atoms with Crippen LogP contribution in [0, 0.1) is 0 Å². The molecule has 1 aliphatic heterocycles. The molecule has 0 spiro atoms. The molecule has 0 unspecified atom stereocenters. The van der Waals surface area contributed by atoms with Crippen molar-refractivity contribution >= 4 is 22.9 Å². The highest BCUT2D eigenvalue weighted by Gasteiger charge is 2.44. The Balaban J connectivity index is 1.80. The van der Waals surface area contributed by atoms with E-state index in [9.17, 15) is 20.4 Å². The Morgan fingerprint density at radius 2 is 2.00 bits per heavy atom. The van der Waals surface area contributed by atoms with Crippen molar-refractivity contribution < 1.29 is 29.9 Å². The van der Waals surface area contributed by atoms with Crippen LogP contribution in [0.15, 0.2) is 24.4 Å². The van der Waals surface area contributed by atoms with Crippen LogP contribution >= 0.6 is 22.9 Å². The third-order valence-corrected chi connectivity index (χ3v) is 5.89. The second kappa shape index (κ2) is 9.49. The van der Waals surface area contributed by atoms with Gasteiger partial charge in [0.2, 0.25) is 0 Å². The minimum Gasteiger partial charge on any atom is -0.483 e. The molecule has 2 aromatic rings. The first-order valence-electron chi connectivity index (χ1n) is 9.11. The number of aliphatic hydroxyl groups is 4. The SMILES string of the molecule is CCCOc1cnc(Cc2cc([C@@H]3O[C@H](CO)[C@@H](O)[C@H](O)[C@H]3O)ccc2Cl)s1. The van der Waals surface area contributed by atoms with Crippen molar-refractivity contribution in [1.82, 2.24) is 4.98 Å². The number of nitrogens with zero attached hydrogens (tertiary/aromatic N) is 1. The largest absolute Gasteiger partial charge is 0.483 e. The van der Waals surface area contributed by atoms with Gasteiger partial charge in [-0.15, -0.1) is 0 Å². The molecule has 1 aromatic heterocycles. The molecule has 1 aliphatic rings. The van der Waals surface area contributed by atoms with Gasteiger partial charge in [0.1, 0.15) is 35.5 Å². The monoisotopic (exact) mass is 429 g/mol.